The van der Waals surface area contributed by atoms with E-state index < -0.39 is 18.5 Å². The first-order valence-corrected chi connectivity index (χ1v) is 8.81. The number of hydrogen-bond donors (Lipinski definition) is 2. The van der Waals surface area contributed by atoms with Crippen LogP contribution in [0.1, 0.15) is 19.3 Å². The van der Waals surface area contributed by atoms with Crippen LogP contribution in [0.5, 0.6) is 0 Å². The number of carbonyl (C=O) groups is 1. The molecule has 0 radical (unpaired) electrons. The Morgan fingerprint density at radius 3 is 2.35 bits per heavy atom. The van der Waals surface area contributed by atoms with Gasteiger partial charge in [-0.2, -0.15) is 13.2 Å². The smallest absolute Gasteiger partial charge is 0.338 e. The van der Waals surface area contributed by atoms with Crippen LogP contribution >= 0.6 is 0 Å². The molecule has 0 atom stereocenters. The summed E-state index contributed by atoms with van der Waals surface area (Å²) in [5.41, 5.74) is 0.478. The van der Waals surface area contributed by atoms with Crippen molar-refractivity contribution in [3.8, 4) is 0 Å². The number of amides is 2. The minimum atomic E-state index is -4.14. The van der Waals surface area contributed by atoms with Gasteiger partial charge in [-0.3, -0.25) is 0 Å². The Hall–Kier alpha value is -2.10. The van der Waals surface area contributed by atoms with Crippen molar-refractivity contribution in [1.29, 1.82) is 0 Å². The van der Waals surface area contributed by atoms with Crippen LogP contribution < -0.4 is 15.5 Å². The lowest BCUT2D eigenvalue weighted by Crippen LogP contribution is -2.44. The summed E-state index contributed by atoms with van der Waals surface area (Å²) in [5.74, 6) is 0.221. The van der Waals surface area contributed by atoms with Crippen molar-refractivity contribution in [3.63, 3.8) is 0 Å². The third-order valence-electron chi connectivity index (χ3n) is 4.71. The lowest BCUT2D eigenvalue weighted by atomic mass is 9.93. The number of halogens is 3. The molecule has 144 valence electrons. The van der Waals surface area contributed by atoms with E-state index in [0.717, 1.165) is 26.2 Å². The molecule has 2 amide bonds. The molecule has 7 nitrogen and oxygen atoms in total. The molecule has 1 aromatic heterocycles. The fourth-order valence-electron chi connectivity index (χ4n) is 3.28. The van der Waals surface area contributed by atoms with Crippen molar-refractivity contribution in [1.82, 2.24) is 20.2 Å². The fourth-order valence-corrected chi connectivity index (χ4v) is 3.28. The second kappa shape index (κ2) is 8.07. The zero-order valence-corrected chi connectivity index (χ0v) is 14.4. The third kappa shape index (κ3) is 5.20. The summed E-state index contributed by atoms with van der Waals surface area (Å²) in [5, 5.41) is 5.97. The SMILES string of the molecule is O=C(Nc1cnc(N2CCNCC2)nc1)N1CCC(CC(F)(F)F)CC1. The summed E-state index contributed by atoms with van der Waals surface area (Å²) >= 11 is 0. The number of piperidine rings is 1. The molecule has 26 heavy (non-hydrogen) atoms. The van der Waals surface area contributed by atoms with Crippen molar-refractivity contribution >= 4 is 17.7 Å². The van der Waals surface area contributed by atoms with Gasteiger partial charge >= 0.3 is 12.2 Å². The van der Waals surface area contributed by atoms with Gasteiger partial charge < -0.3 is 20.4 Å². The summed E-state index contributed by atoms with van der Waals surface area (Å²) in [6, 6.07) is -0.325. The zero-order chi connectivity index (χ0) is 18.6. The van der Waals surface area contributed by atoms with E-state index in [4.69, 9.17) is 0 Å². The highest BCUT2D eigenvalue weighted by atomic mass is 19.4. The molecule has 0 saturated carbocycles. The fraction of sp³-hybridized carbons (Fsp3) is 0.688. The van der Waals surface area contributed by atoms with Gasteiger partial charge in [0.1, 0.15) is 0 Å². The number of carbonyl (C=O) groups excluding carboxylic acids is 1. The number of alkyl halides is 3. The second-order valence-corrected chi connectivity index (χ2v) is 6.69. The molecule has 3 heterocycles. The Labute approximate surface area is 150 Å². The topological polar surface area (TPSA) is 73.4 Å². The van der Waals surface area contributed by atoms with Crippen LogP contribution in [-0.2, 0) is 0 Å². The molecule has 3 rings (SSSR count). The van der Waals surface area contributed by atoms with Gasteiger partial charge in [0, 0.05) is 45.7 Å². The molecule has 0 spiro atoms. The van der Waals surface area contributed by atoms with Crippen LogP contribution in [-0.4, -0.2) is 66.3 Å². The number of piperazine rings is 1. The lowest BCUT2D eigenvalue weighted by molar-refractivity contribution is -0.147. The van der Waals surface area contributed by atoms with Gasteiger partial charge in [-0.15, -0.1) is 0 Å². The van der Waals surface area contributed by atoms with Crippen LogP contribution in [0.25, 0.3) is 0 Å². The summed E-state index contributed by atoms with van der Waals surface area (Å²) in [6.07, 6.45) is -1.07. The Morgan fingerprint density at radius 2 is 1.77 bits per heavy atom. The van der Waals surface area contributed by atoms with Gasteiger partial charge in [0.05, 0.1) is 18.1 Å². The Bertz CT molecular complexity index is 595. The van der Waals surface area contributed by atoms with Gasteiger partial charge in [0.15, 0.2) is 0 Å². The largest absolute Gasteiger partial charge is 0.389 e. The number of aromatic nitrogens is 2. The molecule has 0 aliphatic carbocycles. The predicted octanol–water partition coefficient (Wildman–Crippen LogP) is 2.08. The van der Waals surface area contributed by atoms with Crippen molar-refractivity contribution in [2.45, 2.75) is 25.4 Å². The molecule has 2 N–H and O–H groups in total. The quantitative estimate of drug-likeness (QED) is 0.850. The molecule has 2 aliphatic rings. The highest BCUT2D eigenvalue weighted by Gasteiger charge is 2.34. The highest BCUT2D eigenvalue weighted by molar-refractivity contribution is 5.89. The van der Waals surface area contributed by atoms with E-state index in [-0.39, 0.29) is 6.03 Å². The van der Waals surface area contributed by atoms with Crippen LogP contribution in [0.15, 0.2) is 12.4 Å². The minimum Gasteiger partial charge on any atom is -0.338 e. The number of anilines is 2. The van der Waals surface area contributed by atoms with Gasteiger partial charge in [-0.05, 0) is 18.8 Å². The predicted molar refractivity (Wildman–Crippen MR) is 91.1 cm³/mol. The normalized spacial score (nSPS) is 19.5. The Kier molecular flexibility index (Phi) is 5.80. The number of rotatable bonds is 3. The van der Waals surface area contributed by atoms with Crippen LogP contribution in [0.2, 0.25) is 0 Å². The van der Waals surface area contributed by atoms with Crippen LogP contribution in [0.3, 0.4) is 0 Å². The summed E-state index contributed by atoms with van der Waals surface area (Å²) in [6.45, 7) is 4.08. The Morgan fingerprint density at radius 1 is 1.15 bits per heavy atom. The average Bonchev–Trinajstić information content (AvgIpc) is 2.62. The summed E-state index contributed by atoms with van der Waals surface area (Å²) in [7, 11) is 0. The average molecular weight is 372 g/mol. The van der Waals surface area contributed by atoms with E-state index in [0.29, 0.717) is 37.6 Å². The number of hydrogen-bond acceptors (Lipinski definition) is 5. The molecule has 0 unspecified atom stereocenters. The Balaban J connectivity index is 1.47. The van der Waals surface area contributed by atoms with Gasteiger partial charge in [0.2, 0.25) is 5.95 Å². The van der Waals surface area contributed by atoms with E-state index in [1.807, 2.05) is 0 Å². The van der Waals surface area contributed by atoms with Crippen molar-refractivity contribution < 1.29 is 18.0 Å². The van der Waals surface area contributed by atoms with Crippen molar-refractivity contribution in [2.24, 2.45) is 5.92 Å². The summed E-state index contributed by atoms with van der Waals surface area (Å²) in [4.78, 5) is 24.4. The number of nitrogens with zero attached hydrogens (tertiary/aromatic N) is 4. The monoisotopic (exact) mass is 372 g/mol. The maximum atomic E-state index is 12.4. The molecule has 1 aromatic rings. The first-order valence-electron chi connectivity index (χ1n) is 8.81. The minimum absolute atomic E-state index is 0.325. The lowest BCUT2D eigenvalue weighted by Gasteiger charge is -2.32. The van der Waals surface area contributed by atoms with E-state index in [1.165, 1.54) is 4.90 Å². The molecular weight excluding hydrogens is 349 g/mol. The molecular formula is C16H23F3N6O. The third-order valence-corrected chi connectivity index (χ3v) is 4.71. The molecule has 0 aromatic carbocycles. The molecule has 2 aliphatic heterocycles. The van der Waals surface area contributed by atoms with E-state index in [2.05, 4.69) is 25.5 Å². The molecule has 2 fully saturated rings. The van der Waals surface area contributed by atoms with E-state index in [1.54, 1.807) is 12.4 Å². The van der Waals surface area contributed by atoms with Crippen molar-refractivity contribution in [2.75, 3.05) is 49.5 Å². The number of nitrogens with one attached hydrogen (secondary N) is 2. The molecule has 0 bridgehead atoms. The maximum Gasteiger partial charge on any atom is 0.389 e. The maximum absolute atomic E-state index is 12.4. The summed E-state index contributed by atoms with van der Waals surface area (Å²) < 4.78 is 37.3. The van der Waals surface area contributed by atoms with E-state index >= 15 is 0 Å². The van der Waals surface area contributed by atoms with Crippen LogP contribution in [0.4, 0.5) is 29.6 Å². The first kappa shape index (κ1) is 18.7. The standard InChI is InChI=1S/C16H23F3N6O/c17-16(18,19)9-12-1-5-25(6-2-12)15(26)23-13-10-21-14(22-11-13)24-7-3-20-4-8-24/h10-12,20H,1-9H2,(H,23,26). The van der Waals surface area contributed by atoms with Gasteiger partial charge in [-0.25, -0.2) is 14.8 Å². The first-order chi connectivity index (χ1) is 12.4. The zero-order valence-electron chi connectivity index (χ0n) is 14.4. The van der Waals surface area contributed by atoms with Crippen molar-refractivity contribution in [3.05, 3.63) is 12.4 Å². The second-order valence-electron chi connectivity index (χ2n) is 6.69. The van der Waals surface area contributed by atoms with Gasteiger partial charge in [0.25, 0.3) is 0 Å². The van der Waals surface area contributed by atoms with E-state index in [9.17, 15) is 18.0 Å². The molecule has 2 saturated heterocycles. The highest BCUT2D eigenvalue weighted by Crippen LogP contribution is 2.31. The molecule has 10 heteroatoms. The van der Waals surface area contributed by atoms with Gasteiger partial charge in [-0.1, -0.05) is 0 Å². The number of likely N-dealkylation sites (tertiary alicyclic amines) is 1. The number of urea groups is 1. The van der Waals surface area contributed by atoms with Crippen LogP contribution in [0, 0.1) is 5.92 Å².